The molecule has 1 aromatic carbocycles. The molecule has 0 atom stereocenters. The molecule has 0 radical (unpaired) electrons. The third-order valence-electron chi connectivity index (χ3n) is 2.72. The summed E-state index contributed by atoms with van der Waals surface area (Å²) in [4.78, 5) is 0. The quantitative estimate of drug-likeness (QED) is 0.440. The smallest absolute Gasteiger partial charge is 0.204 e. The Morgan fingerprint density at radius 2 is 1.37 bits per heavy atom. The van der Waals surface area contributed by atoms with Crippen molar-refractivity contribution in [3.05, 3.63) is 28.8 Å². The van der Waals surface area contributed by atoms with E-state index in [2.05, 4.69) is 0 Å². The van der Waals surface area contributed by atoms with Crippen molar-refractivity contribution in [2.45, 2.75) is 46.0 Å². The molecule has 0 unspecified atom stereocenters. The van der Waals surface area contributed by atoms with Crippen LogP contribution in [0.15, 0.2) is 0 Å². The van der Waals surface area contributed by atoms with Gasteiger partial charge in [0.05, 0.1) is 6.61 Å². The van der Waals surface area contributed by atoms with E-state index in [9.17, 15) is 17.6 Å². The Balaban J connectivity index is 3.31. The molecule has 0 spiro atoms. The fourth-order valence-corrected chi connectivity index (χ4v) is 1.72. The predicted octanol–water partition coefficient (Wildman–Crippen LogP) is 4.72. The molecule has 0 heterocycles. The summed E-state index contributed by atoms with van der Waals surface area (Å²) in [5, 5.41) is 0. The molecule has 0 aliphatic carbocycles. The Morgan fingerprint density at radius 3 is 1.74 bits per heavy atom. The third-order valence-corrected chi connectivity index (χ3v) is 2.72. The minimum absolute atomic E-state index is 0.0120. The van der Waals surface area contributed by atoms with Crippen molar-refractivity contribution in [3.63, 3.8) is 0 Å². The monoisotopic (exact) mass is 278 g/mol. The molecule has 0 fully saturated rings. The van der Waals surface area contributed by atoms with Gasteiger partial charge >= 0.3 is 0 Å². The zero-order valence-electron chi connectivity index (χ0n) is 11.5. The highest BCUT2D eigenvalue weighted by atomic mass is 19.2. The average molecular weight is 278 g/mol. The van der Waals surface area contributed by atoms with Crippen molar-refractivity contribution in [3.8, 4) is 5.75 Å². The van der Waals surface area contributed by atoms with Crippen LogP contribution in [0.25, 0.3) is 0 Å². The molecule has 1 rings (SSSR count). The highest BCUT2D eigenvalue weighted by molar-refractivity contribution is 5.37. The Kier molecular flexibility index (Phi) is 4.82. The summed E-state index contributed by atoms with van der Waals surface area (Å²) in [6.07, 6.45) is 1.29. The second-order valence-electron chi connectivity index (χ2n) is 5.41. The second kappa shape index (κ2) is 5.80. The van der Waals surface area contributed by atoms with E-state index < -0.39 is 40.0 Å². The Labute approximate surface area is 110 Å². The Hall–Kier alpha value is -1.26. The number of unbranched alkanes of at least 4 members (excludes halogenated alkanes) is 1. The highest BCUT2D eigenvalue weighted by Gasteiger charge is 2.32. The summed E-state index contributed by atoms with van der Waals surface area (Å²) in [5.41, 5.74) is -1.65. The first-order valence-electron chi connectivity index (χ1n) is 6.21. The largest absolute Gasteiger partial charge is 0.487 e. The van der Waals surface area contributed by atoms with Crippen molar-refractivity contribution in [2.24, 2.45) is 0 Å². The lowest BCUT2D eigenvalue weighted by atomic mass is 9.86. The molecule has 0 aromatic heterocycles. The maximum absolute atomic E-state index is 13.8. The summed E-state index contributed by atoms with van der Waals surface area (Å²) < 4.78 is 60.0. The van der Waals surface area contributed by atoms with Gasteiger partial charge in [-0.25, -0.2) is 8.78 Å². The SMILES string of the molecule is CCCCOc1c(F)c(F)c(C(C)(C)C)c(F)c1F. The lowest BCUT2D eigenvalue weighted by Crippen LogP contribution is -2.20. The molecular weight excluding hydrogens is 260 g/mol. The summed E-state index contributed by atoms with van der Waals surface area (Å²) in [6.45, 7) is 6.30. The number of ether oxygens (including phenoxy) is 1. The van der Waals surface area contributed by atoms with Crippen LogP contribution in [0.4, 0.5) is 17.6 Å². The third kappa shape index (κ3) is 3.19. The van der Waals surface area contributed by atoms with Gasteiger partial charge in [-0.1, -0.05) is 34.1 Å². The molecule has 0 saturated heterocycles. The second-order valence-corrected chi connectivity index (χ2v) is 5.41. The number of hydrogen-bond acceptors (Lipinski definition) is 1. The zero-order chi connectivity index (χ0) is 14.8. The van der Waals surface area contributed by atoms with Crippen molar-refractivity contribution in [1.82, 2.24) is 0 Å². The molecule has 0 amide bonds. The molecule has 0 bridgehead atoms. The minimum atomic E-state index is -1.47. The van der Waals surface area contributed by atoms with E-state index in [1.165, 1.54) is 20.8 Å². The molecular formula is C14H18F4O. The molecule has 108 valence electrons. The first-order chi connectivity index (χ1) is 8.71. The number of benzene rings is 1. The molecule has 19 heavy (non-hydrogen) atoms. The van der Waals surface area contributed by atoms with Gasteiger partial charge in [0.15, 0.2) is 17.4 Å². The van der Waals surface area contributed by atoms with Crippen LogP contribution >= 0.6 is 0 Å². The molecule has 0 aliphatic heterocycles. The van der Waals surface area contributed by atoms with E-state index in [1.807, 2.05) is 6.92 Å². The Morgan fingerprint density at radius 1 is 0.895 bits per heavy atom. The molecule has 0 saturated carbocycles. The molecule has 0 N–H and O–H groups in total. The summed E-state index contributed by atoms with van der Waals surface area (Å²) >= 11 is 0. The van der Waals surface area contributed by atoms with Crippen LogP contribution in [0.5, 0.6) is 5.75 Å². The normalized spacial score (nSPS) is 11.8. The fraction of sp³-hybridized carbons (Fsp3) is 0.571. The van der Waals surface area contributed by atoms with Crippen LogP contribution in [0, 0.1) is 23.3 Å². The van der Waals surface area contributed by atoms with Gasteiger partial charge in [-0.15, -0.1) is 0 Å². The predicted molar refractivity (Wildman–Crippen MR) is 65.4 cm³/mol. The first-order valence-corrected chi connectivity index (χ1v) is 6.21. The van der Waals surface area contributed by atoms with Gasteiger partial charge in [0.1, 0.15) is 0 Å². The van der Waals surface area contributed by atoms with Gasteiger partial charge < -0.3 is 4.74 Å². The van der Waals surface area contributed by atoms with E-state index >= 15 is 0 Å². The van der Waals surface area contributed by atoms with Crippen molar-refractivity contribution < 1.29 is 22.3 Å². The zero-order valence-corrected chi connectivity index (χ0v) is 11.5. The van der Waals surface area contributed by atoms with Gasteiger partial charge in [0.2, 0.25) is 11.6 Å². The number of hydrogen-bond donors (Lipinski definition) is 0. The standard InChI is InChI=1S/C14H18F4O/c1-5-6-7-19-13-11(17)9(15)8(14(2,3)4)10(16)12(13)18/h5-7H2,1-4H3. The van der Waals surface area contributed by atoms with Crippen molar-refractivity contribution in [1.29, 1.82) is 0 Å². The van der Waals surface area contributed by atoms with Crippen molar-refractivity contribution >= 4 is 0 Å². The van der Waals surface area contributed by atoms with Gasteiger partial charge in [-0.2, -0.15) is 8.78 Å². The van der Waals surface area contributed by atoms with E-state index in [4.69, 9.17) is 4.74 Å². The molecule has 5 heteroatoms. The summed E-state index contributed by atoms with van der Waals surface area (Å²) in [7, 11) is 0. The topological polar surface area (TPSA) is 9.23 Å². The maximum atomic E-state index is 13.8. The number of rotatable bonds is 4. The van der Waals surface area contributed by atoms with Crippen LogP contribution in [-0.4, -0.2) is 6.61 Å². The van der Waals surface area contributed by atoms with Crippen LogP contribution in [-0.2, 0) is 5.41 Å². The highest BCUT2D eigenvalue weighted by Crippen LogP contribution is 2.36. The molecule has 1 nitrogen and oxygen atoms in total. The van der Waals surface area contributed by atoms with Crippen LogP contribution < -0.4 is 4.74 Å². The summed E-state index contributed by atoms with van der Waals surface area (Å²) in [5.74, 6) is -6.70. The molecule has 1 aromatic rings. The average Bonchev–Trinajstić information content (AvgIpc) is 2.29. The maximum Gasteiger partial charge on any atom is 0.204 e. The Bertz CT molecular complexity index is 434. The first kappa shape index (κ1) is 15.8. The van der Waals surface area contributed by atoms with Crippen molar-refractivity contribution in [2.75, 3.05) is 6.61 Å². The summed E-state index contributed by atoms with van der Waals surface area (Å²) in [6, 6.07) is 0. The van der Waals surface area contributed by atoms with Crippen LogP contribution in [0.3, 0.4) is 0 Å². The van der Waals surface area contributed by atoms with Gasteiger partial charge in [0.25, 0.3) is 0 Å². The van der Waals surface area contributed by atoms with Gasteiger partial charge in [0, 0.05) is 5.56 Å². The van der Waals surface area contributed by atoms with Crippen LogP contribution in [0.2, 0.25) is 0 Å². The van der Waals surface area contributed by atoms with E-state index in [-0.39, 0.29) is 6.61 Å². The van der Waals surface area contributed by atoms with Gasteiger partial charge in [-0.3, -0.25) is 0 Å². The number of halogens is 4. The van der Waals surface area contributed by atoms with Crippen LogP contribution in [0.1, 0.15) is 46.1 Å². The fourth-order valence-electron chi connectivity index (χ4n) is 1.72. The van der Waals surface area contributed by atoms with Gasteiger partial charge in [-0.05, 0) is 11.8 Å². The lowest BCUT2D eigenvalue weighted by molar-refractivity contribution is 0.262. The minimum Gasteiger partial charge on any atom is -0.487 e. The van der Waals surface area contributed by atoms with E-state index in [0.29, 0.717) is 6.42 Å². The van der Waals surface area contributed by atoms with E-state index in [0.717, 1.165) is 6.42 Å². The van der Waals surface area contributed by atoms with E-state index in [1.54, 1.807) is 0 Å². The molecule has 0 aliphatic rings. The lowest BCUT2D eigenvalue weighted by Gasteiger charge is -2.22.